The van der Waals surface area contributed by atoms with E-state index < -0.39 is 0 Å². The first kappa shape index (κ1) is 13.8. The normalized spacial score (nSPS) is 12.9. The van der Waals surface area contributed by atoms with Crippen LogP contribution in [0.15, 0.2) is 30.5 Å². The molecule has 0 aliphatic carbocycles. The van der Waals surface area contributed by atoms with E-state index in [1.165, 1.54) is 0 Å². The lowest BCUT2D eigenvalue weighted by Crippen LogP contribution is -2.16. The number of halogens is 1. The van der Waals surface area contributed by atoms with Gasteiger partial charge in [-0.2, -0.15) is 0 Å². The van der Waals surface area contributed by atoms with Crippen molar-refractivity contribution in [3.8, 4) is 17.2 Å². The number of nitrogens with zero attached hydrogens (tertiary/aromatic N) is 1. The zero-order valence-electron chi connectivity index (χ0n) is 11.6. The number of fused-ring (bicyclic) bond motifs is 1. The lowest BCUT2D eigenvalue weighted by atomic mass is 10.1. The second kappa shape index (κ2) is 6.10. The zero-order valence-corrected chi connectivity index (χ0v) is 12.3. The molecule has 0 radical (unpaired) electrons. The molecule has 110 valence electrons. The third-order valence-corrected chi connectivity index (χ3v) is 3.43. The molecule has 2 aromatic rings. The van der Waals surface area contributed by atoms with Crippen molar-refractivity contribution < 1.29 is 14.2 Å². The van der Waals surface area contributed by atoms with Crippen LogP contribution >= 0.6 is 11.6 Å². The van der Waals surface area contributed by atoms with E-state index in [9.17, 15) is 0 Å². The number of nitrogens with one attached hydrogen (secondary N) is 1. The molecular formula is C15H15ClN2O3. The maximum atomic E-state index is 6.02. The maximum Gasteiger partial charge on any atom is 0.203 e. The summed E-state index contributed by atoms with van der Waals surface area (Å²) < 4.78 is 16.5. The number of ether oxygens (including phenoxy) is 3. The molecule has 5 nitrogen and oxygen atoms in total. The van der Waals surface area contributed by atoms with Crippen molar-refractivity contribution in [2.24, 2.45) is 0 Å². The van der Waals surface area contributed by atoms with Gasteiger partial charge < -0.3 is 19.5 Å². The molecule has 1 aromatic carbocycles. The molecule has 1 N–H and O–H groups in total. The molecule has 3 rings (SSSR count). The van der Waals surface area contributed by atoms with Gasteiger partial charge in [-0.15, -0.1) is 0 Å². The maximum absolute atomic E-state index is 6.02. The molecule has 2 heterocycles. The largest absolute Gasteiger partial charge is 0.493 e. The molecule has 1 aliphatic rings. The third kappa shape index (κ3) is 2.97. The summed E-state index contributed by atoms with van der Waals surface area (Å²) in [6.07, 6.45) is 1.65. The van der Waals surface area contributed by atoms with Crippen LogP contribution in [0, 0.1) is 0 Å². The predicted molar refractivity (Wildman–Crippen MR) is 80.6 cm³/mol. The van der Waals surface area contributed by atoms with Gasteiger partial charge in [-0.1, -0.05) is 11.6 Å². The molecule has 0 spiro atoms. The van der Waals surface area contributed by atoms with E-state index in [1.807, 2.05) is 24.3 Å². The highest BCUT2D eigenvalue weighted by Crippen LogP contribution is 2.40. The molecule has 21 heavy (non-hydrogen) atoms. The highest BCUT2D eigenvalue weighted by Gasteiger charge is 2.18. The van der Waals surface area contributed by atoms with Gasteiger partial charge in [-0.25, -0.2) is 4.98 Å². The number of methoxy groups -OCH3 is 1. The second-order valence-corrected chi connectivity index (χ2v) is 4.88. The van der Waals surface area contributed by atoms with Gasteiger partial charge in [0.1, 0.15) is 13.2 Å². The Hall–Kier alpha value is -2.14. The Labute approximate surface area is 127 Å². The number of hydrogen-bond donors (Lipinski definition) is 1. The Morgan fingerprint density at radius 1 is 1.33 bits per heavy atom. The smallest absolute Gasteiger partial charge is 0.203 e. The number of rotatable bonds is 4. The summed E-state index contributed by atoms with van der Waals surface area (Å²) in [6, 6.07) is 7.57. The summed E-state index contributed by atoms with van der Waals surface area (Å²) in [6.45, 7) is 1.66. The van der Waals surface area contributed by atoms with Crippen molar-refractivity contribution in [1.29, 1.82) is 0 Å². The van der Waals surface area contributed by atoms with Gasteiger partial charge in [-0.3, -0.25) is 0 Å². The number of aromatic nitrogens is 1. The Balaban J connectivity index is 1.81. The summed E-state index contributed by atoms with van der Waals surface area (Å²) in [4.78, 5) is 4.03. The van der Waals surface area contributed by atoms with Crippen LogP contribution in [0.3, 0.4) is 0 Å². The van der Waals surface area contributed by atoms with E-state index in [4.69, 9.17) is 25.8 Å². The molecular weight excluding hydrogens is 292 g/mol. The predicted octanol–water partition coefficient (Wildman–Crippen LogP) is 3.13. The summed E-state index contributed by atoms with van der Waals surface area (Å²) >= 11 is 6.02. The van der Waals surface area contributed by atoms with Crippen LogP contribution < -0.4 is 19.5 Å². The van der Waals surface area contributed by atoms with Crippen molar-refractivity contribution in [2.75, 3.05) is 25.6 Å². The van der Waals surface area contributed by atoms with Gasteiger partial charge in [0.25, 0.3) is 0 Å². The minimum atomic E-state index is 0.446. The fraction of sp³-hybridized carbons (Fsp3) is 0.267. The van der Waals surface area contributed by atoms with Crippen LogP contribution in [0.25, 0.3) is 0 Å². The monoisotopic (exact) mass is 306 g/mol. The first-order valence-electron chi connectivity index (χ1n) is 6.59. The van der Waals surface area contributed by atoms with Crippen LogP contribution in [0.4, 0.5) is 5.69 Å². The molecule has 6 heteroatoms. The summed E-state index contributed by atoms with van der Waals surface area (Å²) in [5, 5.41) is 3.69. The van der Waals surface area contributed by atoms with Crippen molar-refractivity contribution in [3.63, 3.8) is 0 Å². The Kier molecular flexibility index (Phi) is 4.01. The number of hydrogen-bond acceptors (Lipinski definition) is 5. The first-order chi connectivity index (χ1) is 10.3. The highest BCUT2D eigenvalue weighted by atomic mass is 35.5. The summed E-state index contributed by atoms with van der Waals surface area (Å²) in [5.74, 6) is 2.03. The van der Waals surface area contributed by atoms with Gasteiger partial charge in [-0.05, 0) is 29.8 Å². The van der Waals surface area contributed by atoms with Crippen molar-refractivity contribution in [2.45, 2.75) is 6.54 Å². The van der Waals surface area contributed by atoms with E-state index in [0.717, 1.165) is 11.3 Å². The Morgan fingerprint density at radius 2 is 2.19 bits per heavy atom. The van der Waals surface area contributed by atoms with E-state index in [-0.39, 0.29) is 0 Å². The van der Waals surface area contributed by atoms with Crippen LogP contribution in [-0.2, 0) is 6.54 Å². The van der Waals surface area contributed by atoms with E-state index in [0.29, 0.717) is 42.2 Å². The number of anilines is 1. The average Bonchev–Trinajstić information content (AvgIpc) is 2.53. The van der Waals surface area contributed by atoms with E-state index >= 15 is 0 Å². The van der Waals surface area contributed by atoms with Crippen LogP contribution in [0.5, 0.6) is 17.2 Å². The third-order valence-electron chi connectivity index (χ3n) is 3.13. The second-order valence-electron chi connectivity index (χ2n) is 4.52. The molecule has 0 bridgehead atoms. The van der Waals surface area contributed by atoms with Crippen molar-refractivity contribution >= 4 is 17.3 Å². The van der Waals surface area contributed by atoms with E-state index in [2.05, 4.69) is 10.3 Å². The van der Waals surface area contributed by atoms with Gasteiger partial charge in [0, 0.05) is 12.7 Å². The molecule has 0 atom stereocenters. The Morgan fingerprint density at radius 3 is 3.00 bits per heavy atom. The van der Waals surface area contributed by atoms with Gasteiger partial charge in [0.05, 0.1) is 12.8 Å². The minimum Gasteiger partial charge on any atom is -0.493 e. The lowest BCUT2D eigenvalue weighted by molar-refractivity contribution is 0.165. The molecule has 0 fully saturated rings. The first-order valence-corrected chi connectivity index (χ1v) is 6.96. The SMILES string of the molecule is COc1cc(CNc2cccnc2Cl)cc2c1OCCO2. The minimum absolute atomic E-state index is 0.446. The molecule has 1 aliphatic heterocycles. The van der Waals surface area contributed by atoms with E-state index in [1.54, 1.807) is 13.3 Å². The highest BCUT2D eigenvalue weighted by molar-refractivity contribution is 6.31. The van der Waals surface area contributed by atoms with Gasteiger partial charge in [0.2, 0.25) is 5.75 Å². The average molecular weight is 307 g/mol. The Bertz CT molecular complexity index is 632. The summed E-state index contributed by atoms with van der Waals surface area (Å²) in [7, 11) is 1.61. The van der Waals surface area contributed by atoms with Crippen LogP contribution in [0.2, 0.25) is 5.15 Å². The quantitative estimate of drug-likeness (QED) is 0.880. The van der Waals surface area contributed by atoms with Crippen LogP contribution in [-0.4, -0.2) is 25.3 Å². The number of pyridine rings is 1. The fourth-order valence-corrected chi connectivity index (χ4v) is 2.33. The molecule has 0 unspecified atom stereocenters. The topological polar surface area (TPSA) is 52.6 Å². The van der Waals surface area contributed by atoms with Gasteiger partial charge >= 0.3 is 0 Å². The number of benzene rings is 1. The standard InChI is InChI=1S/C15H15ClN2O3/c1-19-12-7-10(8-13-14(12)21-6-5-20-13)9-18-11-3-2-4-17-15(11)16/h2-4,7-8,18H,5-6,9H2,1H3. The van der Waals surface area contributed by atoms with Crippen molar-refractivity contribution in [1.82, 2.24) is 4.98 Å². The fourth-order valence-electron chi connectivity index (χ4n) is 2.14. The zero-order chi connectivity index (χ0) is 14.7. The van der Waals surface area contributed by atoms with Crippen molar-refractivity contribution in [3.05, 3.63) is 41.2 Å². The summed E-state index contributed by atoms with van der Waals surface area (Å²) in [5.41, 5.74) is 1.80. The van der Waals surface area contributed by atoms with Crippen LogP contribution in [0.1, 0.15) is 5.56 Å². The lowest BCUT2D eigenvalue weighted by Gasteiger charge is -2.21. The molecule has 0 saturated heterocycles. The molecule has 0 saturated carbocycles. The molecule has 0 amide bonds. The molecule has 1 aromatic heterocycles. The van der Waals surface area contributed by atoms with Gasteiger partial charge in [0.15, 0.2) is 16.7 Å².